The van der Waals surface area contributed by atoms with Gasteiger partial charge in [0, 0.05) is 32.1 Å². The fraction of sp³-hybridized carbons (Fsp3) is 0.917. The van der Waals surface area contributed by atoms with Crippen LogP contribution >= 0.6 is 0 Å². The van der Waals surface area contributed by atoms with E-state index in [4.69, 9.17) is 0 Å². The quantitative estimate of drug-likeness (QED) is 0.743. The highest BCUT2D eigenvalue weighted by molar-refractivity contribution is 5.75. The van der Waals surface area contributed by atoms with Gasteiger partial charge in [-0.2, -0.15) is 0 Å². The number of aliphatic hydroxyl groups excluding tert-OH is 1. The van der Waals surface area contributed by atoms with Crippen LogP contribution in [0.4, 0.5) is 0 Å². The van der Waals surface area contributed by atoms with Gasteiger partial charge in [-0.05, 0) is 25.8 Å². The molecule has 3 atom stereocenters. The second-order valence-corrected chi connectivity index (χ2v) is 5.02. The van der Waals surface area contributed by atoms with Gasteiger partial charge in [0.05, 0.1) is 6.10 Å². The molecular weight excluding hydrogens is 204 g/mol. The first-order valence-electron chi connectivity index (χ1n) is 6.31. The van der Waals surface area contributed by atoms with Crippen LogP contribution in [0.5, 0.6) is 0 Å². The summed E-state index contributed by atoms with van der Waals surface area (Å²) < 4.78 is 0. The van der Waals surface area contributed by atoms with Crippen molar-refractivity contribution in [2.24, 2.45) is 0 Å². The van der Waals surface area contributed by atoms with E-state index < -0.39 is 0 Å². The summed E-state index contributed by atoms with van der Waals surface area (Å²) in [4.78, 5) is 15.8. The van der Waals surface area contributed by atoms with Crippen molar-refractivity contribution in [1.82, 2.24) is 9.80 Å². The first-order chi connectivity index (χ1) is 7.63. The Morgan fingerprint density at radius 3 is 3.00 bits per heavy atom. The maximum absolute atomic E-state index is 11.6. The molecule has 0 aromatic carbocycles. The molecule has 4 nitrogen and oxygen atoms in total. The Balaban J connectivity index is 2.00. The van der Waals surface area contributed by atoms with Crippen molar-refractivity contribution in [2.75, 3.05) is 20.1 Å². The summed E-state index contributed by atoms with van der Waals surface area (Å²) in [6.45, 7) is 3.90. The zero-order chi connectivity index (χ0) is 11.7. The molecule has 1 N–H and O–H groups in total. The average molecular weight is 226 g/mol. The summed E-state index contributed by atoms with van der Waals surface area (Å²) in [6, 6.07) is 0.540. The van der Waals surface area contributed by atoms with Gasteiger partial charge in [-0.15, -0.1) is 0 Å². The largest absolute Gasteiger partial charge is 0.391 e. The third-order valence-electron chi connectivity index (χ3n) is 4.06. The number of carbonyl (C=O) groups excluding carboxylic acids is 1. The van der Waals surface area contributed by atoms with Crippen molar-refractivity contribution >= 4 is 5.91 Å². The molecule has 4 heteroatoms. The second-order valence-electron chi connectivity index (χ2n) is 5.02. The highest BCUT2D eigenvalue weighted by Crippen LogP contribution is 2.29. The van der Waals surface area contributed by atoms with Crippen LogP contribution in [0, 0.1) is 0 Å². The van der Waals surface area contributed by atoms with Crippen LogP contribution in [-0.4, -0.2) is 59.1 Å². The molecule has 0 aliphatic carbocycles. The first-order valence-corrected chi connectivity index (χ1v) is 6.31. The number of hydrogen-bond donors (Lipinski definition) is 1. The highest BCUT2D eigenvalue weighted by atomic mass is 16.3. The molecule has 0 spiro atoms. The Morgan fingerprint density at radius 1 is 1.56 bits per heavy atom. The van der Waals surface area contributed by atoms with Gasteiger partial charge in [0.15, 0.2) is 0 Å². The van der Waals surface area contributed by atoms with Crippen molar-refractivity contribution in [2.45, 2.75) is 50.8 Å². The van der Waals surface area contributed by atoms with Crippen LogP contribution < -0.4 is 0 Å². The summed E-state index contributed by atoms with van der Waals surface area (Å²) in [7, 11) is 1.86. The van der Waals surface area contributed by atoms with Crippen LogP contribution in [0.2, 0.25) is 0 Å². The maximum atomic E-state index is 11.6. The second kappa shape index (κ2) is 4.72. The molecule has 2 heterocycles. The molecule has 2 fully saturated rings. The summed E-state index contributed by atoms with van der Waals surface area (Å²) >= 11 is 0. The summed E-state index contributed by atoms with van der Waals surface area (Å²) in [6.07, 6.45) is 3.32. The Labute approximate surface area is 97.2 Å². The number of fused-ring (bicyclic) bond motifs is 1. The van der Waals surface area contributed by atoms with Gasteiger partial charge in [-0.25, -0.2) is 0 Å². The lowest BCUT2D eigenvalue weighted by Gasteiger charge is -2.42. The zero-order valence-electron chi connectivity index (χ0n) is 10.2. The number of likely N-dealkylation sites (N-methyl/N-ethyl adjacent to an activating group) is 1. The van der Waals surface area contributed by atoms with Crippen molar-refractivity contribution in [3.05, 3.63) is 0 Å². The SMILES string of the molecule is CCC(=O)N(C)[C@@H]1CC(O)C2CCCN2C1. The summed E-state index contributed by atoms with van der Waals surface area (Å²) in [5.41, 5.74) is 0. The predicted molar refractivity (Wildman–Crippen MR) is 62.1 cm³/mol. The molecule has 92 valence electrons. The standard InChI is InChI=1S/C12H22N2O2/c1-3-12(16)13(2)9-7-11(15)10-5-4-6-14(10)8-9/h9-11,15H,3-8H2,1-2H3/t9-,10?,11?/m1/s1. The number of hydrogen-bond acceptors (Lipinski definition) is 3. The highest BCUT2D eigenvalue weighted by Gasteiger charge is 2.39. The van der Waals surface area contributed by atoms with Gasteiger partial charge in [0.1, 0.15) is 0 Å². The van der Waals surface area contributed by atoms with E-state index in [1.165, 1.54) is 6.42 Å². The number of amides is 1. The van der Waals surface area contributed by atoms with E-state index in [1.54, 1.807) is 0 Å². The van der Waals surface area contributed by atoms with Gasteiger partial charge < -0.3 is 10.0 Å². The lowest BCUT2D eigenvalue weighted by atomic mass is 9.95. The molecule has 0 aromatic heterocycles. The normalized spacial score (nSPS) is 34.8. The lowest BCUT2D eigenvalue weighted by Crippen LogP contribution is -2.55. The van der Waals surface area contributed by atoms with Crippen LogP contribution in [0.1, 0.15) is 32.6 Å². The van der Waals surface area contributed by atoms with Gasteiger partial charge in [-0.1, -0.05) is 6.92 Å². The number of nitrogens with zero attached hydrogens (tertiary/aromatic N) is 2. The molecule has 0 saturated carbocycles. The third kappa shape index (κ3) is 2.09. The van der Waals surface area contributed by atoms with Gasteiger partial charge in [0.25, 0.3) is 0 Å². The number of carbonyl (C=O) groups is 1. The summed E-state index contributed by atoms with van der Waals surface area (Å²) in [5, 5.41) is 10.1. The smallest absolute Gasteiger partial charge is 0.222 e. The number of piperidine rings is 1. The minimum absolute atomic E-state index is 0.176. The zero-order valence-corrected chi connectivity index (χ0v) is 10.2. The van der Waals surface area contributed by atoms with E-state index in [1.807, 2.05) is 18.9 Å². The maximum Gasteiger partial charge on any atom is 0.222 e. The van der Waals surface area contributed by atoms with E-state index in [-0.39, 0.29) is 18.1 Å². The third-order valence-corrected chi connectivity index (χ3v) is 4.06. The van der Waals surface area contributed by atoms with Crippen LogP contribution in [0.3, 0.4) is 0 Å². The van der Waals surface area contributed by atoms with Crippen molar-refractivity contribution < 1.29 is 9.90 Å². The van der Waals surface area contributed by atoms with E-state index in [0.29, 0.717) is 12.5 Å². The van der Waals surface area contributed by atoms with Gasteiger partial charge in [0.2, 0.25) is 5.91 Å². The molecule has 0 radical (unpaired) electrons. The molecule has 1 amide bonds. The Kier molecular flexibility index (Phi) is 3.50. The fourth-order valence-corrected chi connectivity index (χ4v) is 3.03. The molecule has 0 bridgehead atoms. The first kappa shape index (κ1) is 11.9. The molecule has 2 aliphatic heterocycles. The molecule has 2 saturated heterocycles. The lowest BCUT2D eigenvalue weighted by molar-refractivity contribution is -0.134. The minimum atomic E-state index is -0.256. The Hall–Kier alpha value is -0.610. The van der Waals surface area contributed by atoms with E-state index in [9.17, 15) is 9.90 Å². The Bertz CT molecular complexity index is 270. The number of aliphatic hydroxyl groups is 1. The minimum Gasteiger partial charge on any atom is -0.391 e. The van der Waals surface area contributed by atoms with Crippen LogP contribution in [0.25, 0.3) is 0 Å². The Morgan fingerprint density at radius 2 is 2.31 bits per heavy atom. The molecule has 2 aliphatic rings. The predicted octanol–water partition coefficient (Wildman–Crippen LogP) is 0.452. The van der Waals surface area contributed by atoms with E-state index in [2.05, 4.69) is 4.90 Å². The average Bonchev–Trinajstić information content (AvgIpc) is 2.75. The molecule has 2 rings (SSSR count). The topological polar surface area (TPSA) is 43.8 Å². The van der Waals surface area contributed by atoms with Crippen LogP contribution in [-0.2, 0) is 4.79 Å². The van der Waals surface area contributed by atoms with Gasteiger partial charge >= 0.3 is 0 Å². The van der Waals surface area contributed by atoms with Crippen molar-refractivity contribution in [3.8, 4) is 0 Å². The van der Waals surface area contributed by atoms with E-state index >= 15 is 0 Å². The van der Waals surface area contributed by atoms with Gasteiger partial charge in [-0.3, -0.25) is 9.69 Å². The molecular formula is C12H22N2O2. The molecule has 0 aromatic rings. The molecule has 2 unspecified atom stereocenters. The molecule has 16 heavy (non-hydrogen) atoms. The van der Waals surface area contributed by atoms with Crippen molar-refractivity contribution in [1.29, 1.82) is 0 Å². The monoisotopic (exact) mass is 226 g/mol. The van der Waals surface area contributed by atoms with Crippen LogP contribution in [0.15, 0.2) is 0 Å². The number of rotatable bonds is 2. The van der Waals surface area contributed by atoms with Crippen molar-refractivity contribution in [3.63, 3.8) is 0 Å². The summed E-state index contributed by atoms with van der Waals surface area (Å²) in [5.74, 6) is 0.176. The van der Waals surface area contributed by atoms with E-state index in [0.717, 1.165) is 25.9 Å². The fourth-order valence-electron chi connectivity index (χ4n) is 3.03.